The van der Waals surface area contributed by atoms with E-state index >= 15 is 0 Å². The van der Waals surface area contributed by atoms with Gasteiger partial charge in [-0.1, -0.05) is 36.8 Å². The van der Waals surface area contributed by atoms with Crippen molar-refractivity contribution in [1.82, 2.24) is 4.90 Å². The van der Waals surface area contributed by atoms with Crippen molar-refractivity contribution < 1.29 is 22.3 Å². The number of hydrogen-bond donors (Lipinski definition) is 1. The van der Waals surface area contributed by atoms with Gasteiger partial charge in [0.05, 0.1) is 19.3 Å². The largest absolute Gasteiger partial charge is 1.00 e. The first kappa shape index (κ1) is 18.4. The van der Waals surface area contributed by atoms with Gasteiger partial charge in [-0.3, -0.25) is 4.90 Å². The first-order chi connectivity index (χ1) is 9.66. The maximum absolute atomic E-state index is 10.1. The highest BCUT2D eigenvalue weighted by molar-refractivity contribution is 5.13. The van der Waals surface area contributed by atoms with Crippen molar-refractivity contribution in [2.24, 2.45) is 0 Å². The lowest BCUT2D eigenvalue weighted by Crippen LogP contribution is -3.00. The fraction of sp³-hybridized carbons (Fsp3) is 0.647. The first-order valence-corrected chi connectivity index (χ1v) is 7.72. The Labute approximate surface area is 134 Å². The van der Waals surface area contributed by atoms with E-state index in [1.54, 1.807) is 0 Å². The average Bonchev–Trinajstić information content (AvgIpc) is 2.44. The zero-order valence-corrected chi connectivity index (χ0v) is 13.8. The van der Waals surface area contributed by atoms with Gasteiger partial charge < -0.3 is 22.3 Å². The Balaban J connectivity index is 0.00000220. The predicted molar refractivity (Wildman–Crippen MR) is 81.6 cm³/mol. The van der Waals surface area contributed by atoms with Crippen LogP contribution in [0, 0.1) is 0 Å². The summed E-state index contributed by atoms with van der Waals surface area (Å²) in [6.45, 7) is 6.21. The van der Waals surface area contributed by atoms with Crippen LogP contribution in [-0.4, -0.2) is 41.3 Å². The van der Waals surface area contributed by atoms with E-state index in [4.69, 9.17) is 4.74 Å². The second-order valence-electron chi connectivity index (χ2n) is 5.98. The molecule has 0 bridgehead atoms. The number of nitrogens with zero attached hydrogens (tertiary/aromatic N) is 1. The zero-order valence-electron chi connectivity index (χ0n) is 13.0. The number of halogens is 1. The van der Waals surface area contributed by atoms with Gasteiger partial charge in [0.15, 0.2) is 0 Å². The van der Waals surface area contributed by atoms with Gasteiger partial charge in [0, 0.05) is 18.6 Å². The molecule has 0 amide bonds. The third kappa shape index (κ3) is 5.95. The fourth-order valence-corrected chi connectivity index (χ4v) is 3.02. The van der Waals surface area contributed by atoms with E-state index in [0.29, 0.717) is 25.3 Å². The standard InChI is InChI=1S/C17H27NO2.ClH/c1-14-7-6-8-15(2)18(14)11-17(19)13-20-12-16-9-4-3-5-10-16;/h3-5,9-10,14-15,17,19H,6-8,11-13H2,1-2H3;1H/p-1. The molecule has 3 nitrogen and oxygen atoms in total. The van der Waals surface area contributed by atoms with Crippen LogP contribution < -0.4 is 12.4 Å². The molecule has 2 rings (SSSR count). The van der Waals surface area contributed by atoms with Crippen LogP contribution in [0.2, 0.25) is 0 Å². The molecule has 0 aliphatic carbocycles. The number of piperidine rings is 1. The summed E-state index contributed by atoms with van der Waals surface area (Å²) in [4.78, 5) is 2.42. The minimum atomic E-state index is -0.401. The summed E-state index contributed by atoms with van der Waals surface area (Å²) in [5.74, 6) is 0. The number of ether oxygens (including phenoxy) is 1. The van der Waals surface area contributed by atoms with Crippen molar-refractivity contribution in [2.75, 3.05) is 13.2 Å². The van der Waals surface area contributed by atoms with Crippen molar-refractivity contribution >= 4 is 0 Å². The van der Waals surface area contributed by atoms with Gasteiger partial charge in [-0.05, 0) is 32.3 Å². The SMILES string of the molecule is CC1CCCC(C)N1CC(O)COCc1ccccc1.[Cl-]. The lowest BCUT2D eigenvalue weighted by molar-refractivity contribution is -0.0135. The second-order valence-corrected chi connectivity index (χ2v) is 5.98. The van der Waals surface area contributed by atoms with E-state index in [2.05, 4.69) is 18.7 Å². The van der Waals surface area contributed by atoms with Crippen molar-refractivity contribution in [3.63, 3.8) is 0 Å². The highest BCUT2D eigenvalue weighted by atomic mass is 35.5. The van der Waals surface area contributed by atoms with E-state index in [0.717, 1.165) is 12.1 Å². The number of rotatable bonds is 6. The summed E-state index contributed by atoms with van der Waals surface area (Å²) >= 11 is 0. The second kappa shape index (κ2) is 9.42. The number of hydrogen-bond acceptors (Lipinski definition) is 3. The van der Waals surface area contributed by atoms with Gasteiger partial charge >= 0.3 is 0 Å². The van der Waals surface area contributed by atoms with Crippen LogP contribution in [0.25, 0.3) is 0 Å². The summed E-state index contributed by atoms with van der Waals surface area (Å²) in [6, 6.07) is 11.2. The van der Waals surface area contributed by atoms with Gasteiger partial charge in [-0.15, -0.1) is 0 Å². The van der Waals surface area contributed by atoms with Crippen LogP contribution in [0.5, 0.6) is 0 Å². The van der Waals surface area contributed by atoms with Gasteiger partial charge in [0.1, 0.15) is 0 Å². The molecule has 1 heterocycles. The summed E-state index contributed by atoms with van der Waals surface area (Å²) < 4.78 is 5.62. The van der Waals surface area contributed by atoms with E-state index in [1.807, 2.05) is 30.3 Å². The van der Waals surface area contributed by atoms with Gasteiger partial charge in [-0.2, -0.15) is 0 Å². The summed E-state index contributed by atoms with van der Waals surface area (Å²) in [6.07, 6.45) is 3.38. The Bertz CT molecular complexity index is 378. The maximum Gasteiger partial charge on any atom is 0.0900 e. The first-order valence-electron chi connectivity index (χ1n) is 7.72. The highest BCUT2D eigenvalue weighted by Crippen LogP contribution is 2.22. The molecule has 0 spiro atoms. The molecule has 120 valence electrons. The number of aliphatic hydroxyl groups excluding tert-OH is 1. The predicted octanol–water partition coefficient (Wildman–Crippen LogP) is -0.169. The normalized spacial score (nSPS) is 24.3. The zero-order chi connectivity index (χ0) is 14.4. The summed E-state index contributed by atoms with van der Waals surface area (Å²) in [5, 5.41) is 10.1. The van der Waals surface area contributed by atoms with Crippen LogP contribution in [0.4, 0.5) is 0 Å². The molecular weight excluding hydrogens is 286 g/mol. The molecule has 21 heavy (non-hydrogen) atoms. The Morgan fingerprint density at radius 3 is 2.43 bits per heavy atom. The smallest absolute Gasteiger partial charge is 0.0900 e. The van der Waals surface area contributed by atoms with E-state index in [9.17, 15) is 5.11 Å². The Morgan fingerprint density at radius 1 is 1.19 bits per heavy atom. The maximum atomic E-state index is 10.1. The van der Waals surface area contributed by atoms with Crippen molar-refractivity contribution in [2.45, 2.75) is 57.9 Å². The molecule has 0 radical (unpaired) electrons. The van der Waals surface area contributed by atoms with Crippen LogP contribution in [0.3, 0.4) is 0 Å². The molecule has 1 saturated heterocycles. The molecule has 4 heteroatoms. The van der Waals surface area contributed by atoms with Crippen LogP contribution in [0.1, 0.15) is 38.7 Å². The fourth-order valence-electron chi connectivity index (χ4n) is 3.02. The molecule has 1 aliphatic heterocycles. The van der Waals surface area contributed by atoms with E-state index in [-0.39, 0.29) is 12.4 Å². The van der Waals surface area contributed by atoms with Crippen molar-refractivity contribution in [3.8, 4) is 0 Å². The van der Waals surface area contributed by atoms with E-state index in [1.165, 1.54) is 19.3 Å². The molecule has 3 unspecified atom stereocenters. The molecular formula is C17H27ClNO2-. The topological polar surface area (TPSA) is 32.7 Å². The van der Waals surface area contributed by atoms with Gasteiger partial charge in [0.2, 0.25) is 0 Å². The molecule has 1 aromatic rings. The lowest BCUT2D eigenvalue weighted by atomic mass is 9.97. The third-order valence-electron chi connectivity index (χ3n) is 4.22. The minimum Gasteiger partial charge on any atom is -1.00 e. The molecule has 0 saturated carbocycles. The Kier molecular flexibility index (Phi) is 8.27. The Hall–Kier alpha value is -0.610. The monoisotopic (exact) mass is 312 g/mol. The molecule has 1 aliphatic rings. The quantitative estimate of drug-likeness (QED) is 0.792. The molecule has 1 fully saturated rings. The average molecular weight is 313 g/mol. The van der Waals surface area contributed by atoms with Crippen LogP contribution in [-0.2, 0) is 11.3 Å². The molecule has 1 N–H and O–H groups in total. The number of benzene rings is 1. The van der Waals surface area contributed by atoms with Gasteiger partial charge in [-0.25, -0.2) is 0 Å². The molecule has 3 atom stereocenters. The van der Waals surface area contributed by atoms with Crippen LogP contribution in [0.15, 0.2) is 30.3 Å². The van der Waals surface area contributed by atoms with E-state index < -0.39 is 6.10 Å². The molecule has 0 aromatic heterocycles. The molecule has 1 aromatic carbocycles. The lowest BCUT2D eigenvalue weighted by Gasteiger charge is -2.40. The van der Waals surface area contributed by atoms with Crippen molar-refractivity contribution in [1.29, 1.82) is 0 Å². The van der Waals surface area contributed by atoms with Gasteiger partial charge in [0.25, 0.3) is 0 Å². The summed E-state index contributed by atoms with van der Waals surface area (Å²) in [5.41, 5.74) is 1.15. The van der Waals surface area contributed by atoms with Crippen molar-refractivity contribution in [3.05, 3.63) is 35.9 Å². The number of likely N-dealkylation sites (tertiary alicyclic amines) is 1. The minimum absolute atomic E-state index is 0. The third-order valence-corrected chi connectivity index (χ3v) is 4.22. The Morgan fingerprint density at radius 2 is 1.81 bits per heavy atom. The highest BCUT2D eigenvalue weighted by Gasteiger charge is 2.26. The number of aliphatic hydroxyl groups is 1. The number of β-amino-alcohol motifs (C(OH)–C–C–N with tert-alkyl or cyclic N) is 1. The summed E-state index contributed by atoms with van der Waals surface area (Å²) in [7, 11) is 0. The van der Waals surface area contributed by atoms with Crippen LogP contribution >= 0.6 is 0 Å².